The van der Waals surface area contributed by atoms with Gasteiger partial charge in [-0.3, -0.25) is 4.79 Å². The van der Waals surface area contributed by atoms with Crippen LogP contribution in [0.4, 0.5) is 0 Å². The van der Waals surface area contributed by atoms with Gasteiger partial charge in [0.1, 0.15) is 5.54 Å². The largest absolute Gasteiger partial charge is 0.480 e. The first-order valence-electron chi connectivity index (χ1n) is 6.34. The van der Waals surface area contributed by atoms with Crippen LogP contribution >= 0.6 is 0 Å². The Morgan fingerprint density at radius 2 is 2.28 bits per heavy atom. The third kappa shape index (κ3) is 2.64. The SMILES string of the molecule is CCCCC1(O)CC(C=NNC)CC1(N)C(=O)O. The fourth-order valence-electron chi connectivity index (χ4n) is 2.66. The van der Waals surface area contributed by atoms with Crippen LogP contribution in [-0.4, -0.2) is 40.6 Å². The first kappa shape index (κ1) is 14.9. The number of carbonyl (C=O) groups is 1. The van der Waals surface area contributed by atoms with E-state index in [1.165, 1.54) is 0 Å². The number of carboxylic acid groups (broad SMARTS) is 1. The van der Waals surface area contributed by atoms with Gasteiger partial charge in [-0.2, -0.15) is 5.10 Å². The maximum Gasteiger partial charge on any atom is 0.326 e. The molecule has 1 rings (SSSR count). The van der Waals surface area contributed by atoms with Crippen molar-refractivity contribution in [1.29, 1.82) is 0 Å². The van der Waals surface area contributed by atoms with Crippen molar-refractivity contribution in [3.8, 4) is 0 Å². The molecule has 1 aliphatic rings. The van der Waals surface area contributed by atoms with E-state index in [2.05, 4.69) is 10.5 Å². The number of rotatable bonds is 6. The van der Waals surface area contributed by atoms with Gasteiger partial charge in [0.2, 0.25) is 0 Å². The van der Waals surface area contributed by atoms with Gasteiger partial charge >= 0.3 is 5.97 Å². The number of aliphatic carboxylic acids is 1. The Kier molecular flexibility index (Phi) is 4.70. The lowest BCUT2D eigenvalue weighted by Gasteiger charge is -2.35. The maximum atomic E-state index is 11.4. The van der Waals surface area contributed by atoms with E-state index in [9.17, 15) is 15.0 Å². The van der Waals surface area contributed by atoms with Gasteiger partial charge in [-0.15, -0.1) is 0 Å². The van der Waals surface area contributed by atoms with Gasteiger partial charge in [0.05, 0.1) is 5.60 Å². The molecule has 0 aromatic rings. The van der Waals surface area contributed by atoms with Crippen LogP contribution in [0.3, 0.4) is 0 Å². The molecular formula is C12H23N3O3. The molecule has 5 N–H and O–H groups in total. The summed E-state index contributed by atoms with van der Waals surface area (Å²) in [6.45, 7) is 2.00. The molecule has 0 aromatic carbocycles. The summed E-state index contributed by atoms with van der Waals surface area (Å²) in [5.41, 5.74) is 5.65. The number of hydrogen-bond donors (Lipinski definition) is 4. The van der Waals surface area contributed by atoms with E-state index in [0.29, 0.717) is 12.8 Å². The Bertz CT molecular complexity index is 335. The minimum atomic E-state index is -1.58. The topological polar surface area (TPSA) is 108 Å². The molecule has 1 aliphatic carbocycles. The van der Waals surface area contributed by atoms with Crippen LogP contribution in [0.15, 0.2) is 5.10 Å². The van der Waals surface area contributed by atoms with Crippen molar-refractivity contribution in [2.75, 3.05) is 7.05 Å². The molecule has 0 spiro atoms. The highest BCUT2D eigenvalue weighted by Gasteiger charge is 2.59. The number of nitrogens with one attached hydrogen (secondary N) is 1. The Hall–Kier alpha value is -1.14. The van der Waals surface area contributed by atoms with Crippen LogP contribution < -0.4 is 11.2 Å². The van der Waals surface area contributed by atoms with Crippen LogP contribution in [0.1, 0.15) is 39.0 Å². The van der Waals surface area contributed by atoms with Crippen molar-refractivity contribution >= 4 is 12.2 Å². The molecule has 3 atom stereocenters. The zero-order valence-corrected chi connectivity index (χ0v) is 11.0. The average molecular weight is 257 g/mol. The number of unbranched alkanes of at least 4 members (excludes halogenated alkanes) is 1. The average Bonchev–Trinajstić information content (AvgIpc) is 2.58. The molecule has 0 amide bonds. The summed E-state index contributed by atoms with van der Waals surface area (Å²) in [6, 6.07) is 0. The number of hydrogen-bond acceptors (Lipinski definition) is 5. The molecule has 1 saturated carbocycles. The van der Waals surface area contributed by atoms with Crippen molar-refractivity contribution in [2.24, 2.45) is 16.8 Å². The van der Waals surface area contributed by atoms with Crippen LogP contribution in [0, 0.1) is 5.92 Å². The number of nitrogens with two attached hydrogens (primary N) is 1. The molecule has 3 unspecified atom stereocenters. The van der Waals surface area contributed by atoms with Crippen LogP contribution in [0.5, 0.6) is 0 Å². The first-order chi connectivity index (χ1) is 8.39. The molecule has 0 aromatic heterocycles. The third-order valence-corrected chi connectivity index (χ3v) is 3.75. The molecular weight excluding hydrogens is 234 g/mol. The predicted molar refractivity (Wildman–Crippen MR) is 69.3 cm³/mol. The first-order valence-corrected chi connectivity index (χ1v) is 6.34. The normalized spacial score (nSPS) is 36.1. The van der Waals surface area contributed by atoms with E-state index in [-0.39, 0.29) is 12.3 Å². The summed E-state index contributed by atoms with van der Waals surface area (Å²) in [5.74, 6) is -1.25. The molecule has 0 heterocycles. The Balaban J connectivity index is 2.91. The third-order valence-electron chi connectivity index (χ3n) is 3.75. The summed E-state index contributed by atoms with van der Waals surface area (Å²) in [5, 5.41) is 23.8. The molecule has 1 fully saturated rings. The standard InChI is InChI=1S/C12H23N3O3/c1-3-4-5-11(18)6-9(8-15-14-2)7-12(11,13)10(16)17/h8-9,14,18H,3-7,13H2,1-2H3,(H,16,17). The van der Waals surface area contributed by atoms with Gasteiger partial charge in [-0.1, -0.05) is 19.8 Å². The Morgan fingerprint density at radius 1 is 1.61 bits per heavy atom. The van der Waals surface area contributed by atoms with Gasteiger partial charge < -0.3 is 21.4 Å². The van der Waals surface area contributed by atoms with E-state index in [1.54, 1.807) is 13.3 Å². The molecule has 18 heavy (non-hydrogen) atoms. The summed E-state index contributed by atoms with van der Waals surface area (Å²) in [4.78, 5) is 11.4. The smallest absolute Gasteiger partial charge is 0.326 e. The van der Waals surface area contributed by atoms with Gasteiger partial charge in [-0.25, -0.2) is 0 Å². The highest BCUT2D eigenvalue weighted by Crippen LogP contribution is 2.44. The highest BCUT2D eigenvalue weighted by atomic mass is 16.4. The highest BCUT2D eigenvalue weighted by molar-refractivity contribution is 5.82. The fraction of sp³-hybridized carbons (Fsp3) is 0.833. The molecule has 6 nitrogen and oxygen atoms in total. The van der Waals surface area contributed by atoms with Gasteiger partial charge in [0, 0.05) is 19.2 Å². The van der Waals surface area contributed by atoms with Crippen molar-refractivity contribution in [2.45, 2.75) is 50.2 Å². The molecule has 0 radical (unpaired) electrons. The van der Waals surface area contributed by atoms with Crippen molar-refractivity contribution in [1.82, 2.24) is 5.43 Å². The lowest BCUT2D eigenvalue weighted by atomic mass is 9.80. The Morgan fingerprint density at radius 3 is 2.78 bits per heavy atom. The zero-order valence-electron chi connectivity index (χ0n) is 11.0. The summed E-state index contributed by atoms with van der Waals surface area (Å²) in [6.07, 6.45) is 4.27. The van der Waals surface area contributed by atoms with E-state index < -0.39 is 17.1 Å². The molecule has 6 heteroatoms. The quantitative estimate of drug-likeness (QED) is 0.404. The minimum absolute atomic E-state index is 0.111. The van der Waals surface area contributed by atoms with E-state index >= 15 is 0 Å². The molecule has 104 valence electrons. The van der Waals surface area contributed by atoms with Crippen LogP contribution in [-0.2, 0) is 4.79 Å². The summed E-state index contributed by atoms with van der Waals surface area (Å²) < 4.78 is 0. The number of carboxylic acids is 1. The molecule has 0 bridgehead atoms. The summed E-state index contributed by atoms with van der Waals surface area (Å²) in [7, 11) is 1.67. The maximum absolute atomic E-state index is 11.4. The second-order valence-electron chi connectivity index (χ2n) is 5.08. The van der Waals surface area contributed by atoms with Crippen LogP contribution in [0.25, 0.3) is 0 Å². The minimum Gasteiger partial charge on any atom is -0.480 e. The second kappa shape index (κ2) is 5.67. The number of aliphatic hydroxyl groups is 1. The van der Waals surface area contributed by atoms with E-state index in [1.807, 2.05) is 6.92 Å². The lowest BCUT2D eigenvalue weighted by Crippen LogP contribution is -2.62. The lowest BCUT2D eigenvalue weighted by molar-refractivity contribution is -0.153. The second-order valence-corrected chi connectivity index (χ2v) is 5.08. The fourth-order valence-corrected chi connectivity index (χ4v) is 2.66. The van der Waals surface area contributed by atoms with E-state index in [4.69, 9.17) is 5.73 Å². The Labute approximate surface area is 107 Å². The van der Waals surface area contributed by atoms with Crippen molar-refractivity contribution in [3.05, 3.63) is 0 Å². The number of hydrazone groups is 1. The monoisotopic (exact) mass is 257 g/mol. The van der Waals surface area contributed by atoms with Gasteiger partial charge in [0.25, 0.3) is 0 Å². The zero-order chi connectivity index (χ0) is 13.8. The van der Waals surface area contributed by atoms with Crippen molar-refractivity contribution < 1.29 is 15.0 Å². The predicted octanol–water partition coefficient (Wildman–Crippen LogP) is 0.305. The van der Waals surface area contributed by atoms with Crippen LogP contribution in [0.2, 0.25) is 0 Å². The molecule has 0 saturated heterocycles. The van der Waals surface area contributed by atoms with Gasteiger partial charge in [0.15, 0.2) is 0 Å². The van der Waals surface area contributed by atoms with Crippen molar-refractivity contribution in [3.63, 3.8) is 0 Å². The van der Waals surface area contributed by atoms with Gasteiger partial charge in [-0.05, 0) is 19.3 Å². The summed E-state index contributed by atoms with van der Waals surface area (Å²) >= 11 is 0. The number of nitrogens with zero attached hydrogens (tertiary/aromatic N) is 1. The van der Waals surface area contributed by atoms with E-state index in [0.717, 1.165) is 12.8 Å². The molecule has 0 aliphatic heterocycles.